The highest BCUT2D eigenvalue weighted by Gasteiger charge is 2.25. The highest BCUT2D eigenvalue weighted by atomic mass is 16.6. The molecular formula is C24H17NO5. The SMILES string of the molecule is COc1cccc(C2=N/C(=C\c3ccccc3OC(=O)c3ccccc3)C(=O)O2)c1. The first-order chi connectivity index (χ1) is 14.6. The number of carbonyl (C=O) groups is 2. The molecule has 0 aromatic heterocycles. The smallest absolute Gasteiger partial charge is 0.363 e. The molecule has 6 heteroatoms. The highest BCUT2D eigenvalue weighted by Crippen LogP contribution is 2.26. The van der Waals surface area contributed by atoms with E-state index in [9.17, 15) is 9.59 Å². The minimum Gasteiger partial charge on any atom is -0.497 e. The maximum Gasteiger partial charge on any atom is 0.363 e. The second-order valence-corrected chi connectivity index (χ2v) is 6.36. The van der Waals surface area contributed by atoms with Gasteiger partial charge in [0, 0.05) is 11.1 Å². The molecule has 1 aliphatic heterocycles. The van der Waals surface area contributed by atoms with Gasteiger partial charge >= 0.3 is 11.9 Å². The molecule has 148 valence electrons. The number of carbonyl (C=O) groups excluding carboxylic acids is 2. The Hall–Kier alpha value is -4.19. The van der Waals surface area contributed by atoms with Crippen LogP contribution in [0, 0.1) is 0 Å². The molecule has 1 aliphatic rings. The summed E-state index contributed by atoms with van der Waals surface area (Å²) in [6.45, 7) is 0. The van der Waals surface area contributed by atoms with E-state index in [-0.39, 0.29) is 11.6 Å². The van der Waals surface area contributed by atoms with Crippen LogP contribution in [0.4, 0.5) is 0 Å². The summed E-state index contributed by atoms with van der Waals surface area (Å²) in [5.74, 6) is 0.0514. The summed E-state index contributed by atoms with van der Waals surface area (Å²) in [6.07, 6.45) is 1.53. The topological polar surface area (TPSA) is 74.2 Å². The summed E-state index contributed by atoms with van der Waals surface area (Å²) in [4.78, 5) is 29.0. The van der Waals surface area contributed by atoms with Crippen LogP contribution in [0.25, 0.3) is 6.08 Å². The Morgan fingerprint density at radius 3 is 2.53 bits per heavy atom. The van der Waals surface area contributed by atoms with E-state index in [1.54, 1.807) is 79.9 Å². The molecular weight excluding hydrogens is 382 g/mol. The van der Waals surface area contributed by atoms with Gasteiger partial charge in [-0.15, -0.1) is 0 Å². The third-order valence-corrected chi connectivity index (χ3v) is 4.36. The Kier molecular flexibility index (Phi) is 5.39. The number of hydrogen-bond acceptors (Lipinski definition) is 6. The largest absolute Gasteiger partial charge is 0.497 e. The molecule has 0 saturated heterocycles. The molecule has 6 nitrogen and oxygen atoms in total. The zero-order chi connectivity index (χ0) is 20.9. The van der Waals surface area contributed by atoms with Crippen LogP contribution >= 0.6 is 0 Å². The molecule has 0 N–H and O–H groups in total. The van der Waals surface area contributed by atoms with E-state index in [1.807, 2.05) is 6.07 Å². The number of aliphatic imine (C=N–C) groups is 1. The predicted molar refractivity (Wildman–Crippen MR) is 111 cm³/mol. The van der Waals surface area contributed by atoms with Gasteiger partial charge in [-0.2, -0.15) is 0 Å². The minimum absolute atomic E-state index is 0.107. The van der Waals surface area contributed by atoms with Crippen LogP contribution in [0.5, 0.6) is 11.5 Å². The number of hydrogen-bond donors (Lipinski definition) is 0. The first-order valence-corrected chi connectivity index (χ1v) is 9.17. The summed E-state index contributed by atoms with van der Waals surface area (Å²) in [6, 6.07) is 22.6. The van der Waals surface area contributed by atoms with Crippen molar-refractivity contribution < 1.29 is 23.8 Å². The minimum atomic E-state index is -0.586. The normalized spacial score (nSPS) is 14.2. The van der Waals surface area contributed by atoms with Crippen molar-refractivity contribution in [1.82, 2.24) is 0 Å². The molecule has 0 amide bonds. The third-order valence-electron chi connectivity index (χ3n) is 4.36. The average Bonchev–Trinajstić information content (AvgIpc) is 3.16. The fourth-order valence-electron chi connectivity index (χ4n) is 2.86. The summed E-state index contributed by atoms with van der Waals surface area (Å²) < 4.78 is 16.0. The predicted octanol–water partition coefficient (Wildman–Crippen LogP) is 4.26. The third kappa shape index (κ3) is 4.12. The first kappa shape index (κ1) is 19.1. The van der Waals surface area contributed by atoms with Gasteiger partial charge in [-0.3, -0.25) is 0 Å². The molecule has 30 heavy (non-hydrogen) atoms. The summed E-state index contributed by atoms with van der Waals surface area (Å²) >= 11 is 0. The first-order valence-electron chi connectivity index (χ1n) is 9.17. The van der Waals surface area contributed by atoms with Crippen molar-refractivity contribution in [2.75, 3.05) is 7.11 Å². The van der Waals surface area contributed by atoms with Crippen LogP contribution in [-0.4, -0.2) is 24.9 Å². The van der Waals surface area contributed by atoms with Crippen LogP contribution in [0.1, 0.15) is 21.5 Å². The second kappa shape index (κ2) is 8.45. The Labute approximate surface area is 173 Å². The molecule has 0 radical (unpaired) electrons. The van der Waals surface area contributed by atoms with Gasteiger partial charge in [0.15, 0.2) is 5.70 Å². The van der Waals surface area contributed by atoms with E-state index in [2.05, 4.69) is 4.99 Å². The second-order valence-electron chi connectivity index (χ2n) is 6.36. The van der Waals surface area contributed by atoms with Gasteiger partial charge in [0.2, 0.25) is 5.90 Å². The lowest BCUT2D eigenvalue weighted by Crippen LogP contribution is -2.09. The Morgan fingerprint density at radius 1 is 0.967 bits per heavy atom. The van der Waals surface area contributed by atoms with Crippen LogP contribution < -0.4 is 9.47 Å². The Morgan fingerprint density at radius 2 is 1.73 bits per heavy atom. The van der Waals surface area contributed by atoms with E-state index < -0.39 is 11.9 Å². The molecule has 4 rings (SSSR count). The van der Waals surface area contributed by atoms with Crippen molar-refractivity contribution in [3.8, 4) is 11.5 Å². The van der Waals surface area contributed by atoms with Crippen molar-refractivity contribution in [3.63, 3.8) is 0 Å². The number of rotatable bonds is 5. The lowest BCUT2D eigenvalue weighted by atomic mass is 10.1. The molecule has 0 saturated carbocycles. The molecule has 0 unspecified atom stereocenters. The van der Waals surface area contributed by atoms with Crippen molar-refractivity contribution >= 4 is 23.9 Å². The standard InChI is InChI=1S/C24H17NO5/c1-28-19-12-7-11-18(14-19)22-25-20(24(27)30-22)15-17-10-5-6-13-21(17)29-23(26)16-8-3-2-4-9-16/h2-15H,1H3/b20-15-. The molecule has 0 aliphatic carbocycles. The zero-order valence-corrected chi connectivity index (χ0v) is 16.1. The molecule has 0 fully saturated rings. The van der Waals surface area contributed by atoms with Crippen molar-refractivity contribution in [2.45, 2.75) is 0 Å². The van der Waals surface area contributed by atoms with Crippen molar-refractivity contribution in [2.24, 2.45) is 4.99 Å². The van der Waals surface area contributed by atoms with Gasteiger partial charge in [-0.25, -0.2) is 14.6 Å². The van der Waals surface area contributed by atoms with Crippen LogP contribution in [0.2, 0.25) is 0 Å². The number of nitrogens with zero attached hydrogens (tertiary/aromatic N) is 1. The summed E-state index contributed by atoms with van der Waals surface area (Å²) in [5.41, 5.74) is 1.69. The number of para-hydroxylation sites is 1. The van der Waals surface area contributed by atoms with Gasteiger partial charge in [0.05, 0.1) is 12.7 Å². The molecule has 0 bridgehead atoms. The molecule has 3 aromatic rings. The lowest BCUT2D eigenvalue weighted by Gasteiger charge is -2.07. The quantitative estimate of drug-likeness (QED) is 0.364. The van der Waals surface area contributed by atoms with Crippen LogP contribution in [0.15, 0.2) is 89.6 Å². The monoisotopic (exact) mass is 399 g/mol. The van der Waals surface area contributed by atoms with Gasteiger partial charge in [0.25, 0.3) is 0 Å². The summed E-state index contributed by atoms with van der Waals surface area (Å²) in [7, 11) is 1.56. The zero-order valence-electron chi connectivity index (χ0n) is 16.1. The highest BCUT2D eigenvalue weighted by molar-refractivity contribution is 6.13. The maximum absolute atomic E-state index is 12.4. The average molecular weight is 399 g/mol. The van der Waals surface area contributed by atoms with Gasteiger partial charge in [0.1, 0.15) is 11.5 Å². The number of cyclic esters (lactones) is 1. The van der Waals surface area contributed by atoms with E-state index in [1.165, 1.54) is 6.08 Å². The van der Waals surface area contributed by atoms with E-state index in [4.69, 9.17) is 14.2 Å². The van der Waals surface area contributed by atoms with Crippen molar-refractivity contribution in [3.05, 3.63) is 101 Å². The van der Waals surface area contributed by atoms with Gasteiger partial charge in [-0.1, -0.05) is 42.5 Å². The Balaban J connectivity index is 1.62. The van der Waals surface area contributed by atoms with Gasteiger partial charge < -0.3 is 14.2 Å². The molecule has 0 atom stereocenters. The number of esters is 2. The lowest BCUT2D eigenvalue weighted by molar-refractivity contribution is -0.129. The van der Waals surface area contributed by atoms with Crippen LogP contribution in [0.3, 0.4) is 0 Å². The van der Waals surface area contributed by atoms with E-state index in [0.29, 0.717) is 28.2 Å². The molecule has 3 aromatic carbocycles. The van der Waals surface area contributed by atoms with E-state index >= 15 is 0 Å². The fourth-order valence-corrected chi connectivity index (χ4v) is 2.86. The van der Waals surface area contributed by atoms with E-state index in [0.717, 1.165) is 0 Å². The summed E-state index contributed by atoms with van der Waals surface area (Å²) in [5, 5.41) is 0. The van der Waals surface area contributed by atoms with Crippen LogP contribution in [-0.2, 0) is 9.53 Å². The number of benzene rings is 3. The maximum atomic E-state index is 12.4. The van der Waals surface area contributed by atoms with Gasteiger partial charge in [-0.05, 0) is 42.5 Å². The van der Waals surface area contributed by atoms with Crippen molar-refractivity contribution in [1.29, 1.82) is 0 Å². The number of ether oxygens (including phenoxy) is 3. The fraction of sp³-hybridized carbons (Fsp3) is 0.0417. The molecule has 0 spiro atoms. The Bertz CT molecular complexity index is 1160. The number of methoxy groups -OCH3 is 1. The molecule has 1 heterocycles.